The van der Waals surface area contributed by atoms with Crippen molar-refractivity contribution in [3.63, 3.8) is 0 Å². The second-order valence-corrected chi connectivity index (χ2v) is 4.64. The van der Waals surface area contributed by atoms with Crippen LogP contribution in [0.2, 0.25) is 0 Å². The maximum atomic E-state index is 5.50. The van der Waals surface area contributed by atoms with Crippen molar-refractivity contribution in [3.05, 3.63) is 42.2 Å². The Kier molecular flexibility index (Phi) is 5.36. The molecule has 2 rings (SSSR count). The topological polar surface area (TPSA) is 34.1 Å². The van der Waals surface area contributed by atoms with Crippen molar-refractivity contribution in [2.24, 2.45) is 0 Å². The maximum absolute atomic E-state index is 5.50. The van der Waals surface area contributed by atoms with E-state index in [2.05, 4.69) is 22.9 Å². The van der Waals surface area contributed by atoms with Gasteiger partial charge in [0.25, 0.3) is 0 Å². The fraction of sp³-hybridized carbons (Fsp3) is 0.533. The Bertz CT molecular complexity index is 379. The van der Waals surface area contributed by atoms with Crippen LogP contribution in [0, 0.1) is 0 Å². The van der Waals surface area contributed by atoms with Crippen molar-refractivity contribution in [3.8, 4) is 0 Å². The molecule has 3 heteroatoms. The van der Waals surface area contributed by atoms with Gasteiger partial charge in [0.2, 0.25) is 0 Å². The van der Waals surface area contributed by atoms with Gasteiger partial charge in [0.15, 0.2) is 0 Å². The van der Waals surface area contributed by atoms with Crippen molar-refractivity contribution in [1.82, 2.24) is 10.3 Å². The van der Waals surface area contributed by atoms with E-state index in [0.29, 0.717) is 6.04 Å². The van der Waals surface area contributed by atoms with Crippen LogP contribution < -0.4 is 5.32 Å². The average Bonchev–Trinajstić information content (AvgIpc) is 2.43. The summed E-state index contributed by atoms with van der Waals surface area (Å²) in [7, 11) is 0. The summed E-state index contributed by atoms with van der Waals surface area (Å²) < 4.78 is 5.50. The number of ether oxygens (including phenoxy) is 1. The molecule has 1 aliphatic carbocycles. The summed E-state index contributed by atoms with van der Waals surface area (Å²) in [4.78, 5) is 4.51. The van der Waals surface area contributed by atoms with Crippen LogP contribution in [0.5, 0.6) is 0 Å². The molecular formula is C15H22N2O. The summed E-state index contributed by atoms with van der Waals surface area (Å²) >= 11 is 0. The molecule has 0 aliphatic heterocycles. The number of hydrogen-bond donors (Lipinski definition) is 1. The smallest absolute Gasteiger partial charge is 0.0605 e. The Labute approximate surface area is 109 Å². The molecule has 0 saturated heterocycles. The molecule has 0 radical (unpaired) electrons. The van der Waals surface area contributed by atoms with Gasteiger partial charge in [-0.15, -0.1) is 6.58 Å². The summed E-state index contributed by atoms with van der Waals surface area (Å²) in [6, 6.07) is 4.62. The third-order valence-corrected chi connectivity index (χ3v) is 3.30. The molecule has 98 valence electrons. The zero-order valence-corrected chi connectivity index (χ0v) is 10.9. The first-order valence-corrected chi connectivity index (χ1v) is 6.77. The highest BCUT2D eigenvalue weighted by Crippen LogP contribution is 2.27. The first kappa shape index (κ1) is 13.2. The minimum absolute atomic E-state index is 0.401. The van der Waals surface area contributed by atoms with Gasteiger partial charge in [0.05, 0.1) is 18.9 Å². The Morgan fingerprint density at radius 1 is 1.50 bits per heavy atom. The van der Waals surface area contributed by atoms with E-state index >= 15 is 0 Å². The van der Waals surface area contributed by atoms with Crippen LogP contribution in [-0.2, 0) is 11.2 Å². The summed E-state index contributed by atoms with van der Waals surface area (Å²) in [5.41, 5.74) is 2.63. The predicted octanol–water partition coefficient (Wildman–Crippen LogP) is 2.64. The predicted molar refractivity (Wildman–Crippen MR) is 73.6 cm³/mol. The number of rotatable bonds is 7. The largest absolute Gasteiger partial charge is 0.380 e. The van der Waals surface area contributed by atoms with Crippen LogP contribution in [0.4, 0.5) is 0 Å². The number of aryl methyl sites for hydroxylation is 1. The van der Waals surface area contributed by atoms with Gasteiger partial charge in [-0.25, -0.2) is 0 Å². The zero-order chi connectivity index (χ0) is 12.6. The van der Waals surface area contributed by atoms with Gasteiger partial charge in [0.1, 0.15) is 0 Å². The van der Waals surface area contributed by atoms with Gasteiger partial charge in [0, 0.05) is 18.8 Å². The molecule has 1 atom stereocenters. The quantitative estimate of drug-likeness (QED) is 0.593. The van der Waals surface area contributed by atoms with Gasteiger partial charge >= 0.3 is 0 Å². The van der Waals surface area contributed by atoms with Gasteiger partial charge < -0.3 is 10.1 Å². The van der Waals surface area contributed by atoms with Crippen LogP contribution >= 0.6 is 0 Å². The molecule has 1 aliphatic rings. The van der Waals surface area contributed by atoms with Gasteiger partial charge in [-0.05, 0) is 37.3 Å². The van der Waals surface area contributed by atoms with Gasteiger partial charge in [-0.1, -0.05) is 12.1 Å². The molecule has 0 amide bonds. The summed E-state index contributed by atoms with van der Waals surface area (Å²) in [5.74, 6) is 0. The first-order valence-electron chi connectivity index (χ1n) is 6.77. The van der Waals surface area contributed by atoms with E-state index in [0.717, 1.165) is 32.6 Å². The minimum atomic E-state index is 0.401. The van der Waals surface area contributed by atoms with Crippen molar-refractivity contribution in [1.29, 1.82) is 0 Å². The molecule has 1 unspecified atom stereocenters. The summed E-state index contributed by atoms with van der Waals surface area (Å²) in [6.07, 6.45) is 8.28. The van der Waals surface area contributed by atoms with Crippen molar-refractivity contribution < 1.29 is 4.74 Å². The molecule has 0 saturated carbocycles. The number of hydrogen-bond acceptors (Lipinski definition) is 3. The lowest BCUT2D eigenvalue weighted by molar-refractivity contribution is 0.137. The Balaban J connectivity index is 1.75. The summed E-state index contributed by atoms with van der Waals surface area (Å²) in [5, 5.41) is 3.54. The number of pyridine rings is 1. The Hall–Kier alpha value is -1.19. The van der Waals surface area contributed by atoms with Crippen molar-refractivity contribution >= 4 is 0 Å². The van der Waals surface area contributed by atoms with Crippen molar-refractivity contribution in [2.75, 3.05) is 19.8 Å². The Morgan fingerprint density at radius 2 is 2.44 bits per heavy atom. The highest BCUT2D eigenvalue weighted by molar-refractivity contribution is 5.25. The van der Waals surface area contributed by atoms with E-state index in [4.69, 9.17) is 4.74 Å². The average molecular weight is 246 g/mol. The number of aromatic nitrogens is 1. The molecule has 0 fully saturated rings. The molecule has 1 aromatic rings. The van der Waals surface area contributed by atoms with Crippen LogP contribution in [0.15, 0.2) is 31.0 Å². The highest BCUT2D eigenvalue weighted by atomic mass is 16.5. The minimum Gasteiger partial charge on any atom is -0.380 e. The van der Waals surface area contributed by atoms with E-state index in [-0.39, 0.29) is 0 Å². The normalized spacial score (nSPS) is 18.3. The second-order valence-electron chi connectivity index (χ2n) is 4.64. The molecule has 0 bridgehead atoms. The Morgan fingerprint density at radius 3 is 3.33 bits per heavy atom. The van der Waals surface area contributed by atoms with E-state index in [1.165, 1.54) is 24.1 Å². The molecule has 0 spiro atoms. The van der Waals surface area contributed by atoms with Crippen LogP contribution in [0.1, 0.15) is 36.6 Å². The molecule has 1 aromatic heterocycles. The number of fused-ring (bicyclic) bond motifs is 1. The van der Waals surface area contributed by atoms with Crippen LogP contribution in [0.25, 0.3) is 0 Å². The van der Waals surface area contributed by atoms with Crippen LogP contribution in [-0.4, -0.2) is 24.7 Å². The van der Waals surface area contributed by atoms with E-state index in [9.17, 15) is 0 Å². The standard InChI is InChI=1S/C15H22N2O/c1-2-3-11-18-12-10-16-14-8-4-6-13-7-5-9-17-15(13)14/h2,5,7,9,14,16H,1,3-4,6,8,10-12H2. The molecule has 18 heavy (non-hydrogen) atoms. The molecule has 1 N–H and O–H groups in total. The summed E-state index contributed by atoms with van der Waals surface area (Å²) in [6.45, 7) is 6.08. The molecule has 0 aromatic carbocycles. The lowest BCUT2D eigenvalue weighted by Gasteiger charge is -2.25. The number of nitrogens with zero attached hydrogens (tertiary/aromatic N) is 1. The molecular weight excluding hydrogens is 224 g/mol. The molecule has 3 nitrogen and oxygen atoms in total. The fourth-order valence-electron chi connectivity index (χ4n) is 2.38. The van der Waals surface area contributed by atoms with Crippen LogP contribution in [0.3, 0.4) is 0 Å². The lowest BCUT2D eigenvalue weighted by atomic mass is 9.92. The third-order valence-electron chi connectivity index (χ3n) is 3.30. The second kappa shape index (κ2) is 7.29. The van der Waals surface area contributed by atoms with E-state index in [1.807, 2.05) is 18.3 Å². The molecule has 1 heterocycles. The number of nitrogens with one attached hydrogen (secondary N) is 1. The fourth-order valence-corrected chi connectivity index (χ4v) is 2.38. The zero-order valence-electron chi connectivity index (χ0n) is 10.9. The van der Waals surface area contributed by atoms with E-state index < -0.39 is 0 Å². The lowest BCUT2D eigenvalue weighted by Crippen LogP contribution is -2.29. The highest BCUT2D eigenvalue weighted by Gasteiger charge is 2.20. The van der Waals surface area contributed by atoms with Gasteiger partial charge in [-0.2, -0.15) is 0 Å². The third kappa shape index (κ3) is 3.65. The first-order chi connectivity index (χ1) is 8.92. The maximum Gasteiger partial charge on any atom is 0.0605 e. The van der Waals surface area contributed by atoms with Gasteiger partial charge in [-0.3, -0.25) is 4.98 Å². The van der Waals surface area contributed by atoms with Crippen molar-refractivity contribution in [2.45, 2.75) is 31.7 Å². The SMILES string of the molecule is C=CCCOCCNC1CCCc2cccnc21. The van der Waals surface area contributed by atoms with E-state index in [1.54, 1.807) is 0 Å². The monoisotopic (exact) mass is 246 g/mol.